The molecule has 0 aromatic heterocycles. The standard InChI is InChI=1S/C30H30N2O4S/c1-37(34,35)31-28-19-27(17-18-30(28)36-23-26-15-9-4-10-16-26)29(33)22-32(20-24-11-5-2-6-12-24)21-25-13-7-3-8-14-25/h2-19,31H,20-23H2,1H3. The lowest BCUT2D eigenvalue weighted by Crippen LogP contribution is -2.29. The maximum Gasteiger partial charge on any atom is 0.229 e. The Hall–Kier alpha value is -3.94. The molecule has 0 saturated carbocycles. The molecule has 4 aromatic carbocycles. The smallest absolute Gasteiger partial charge is 0.229 e. The first kappa shape index (κ1) is 26.1. The largest absolute Gasteiger partial charge is 0.487 e. The lowest BCUT2D eigenvalue weighted by atomic mass is 10.1. The van der Waals surface area contributed by atoms with E-state index in [1.165, 1.54) is 0 Å². The van der Waals surface area contributed by atoms with E-state index in [0.29, 0.717) is 24.4 Å². The molecule has 190 valence electrons. The second kappa shape index (κ2) is 12.3. The number of Topliss-reactive ketones (excluding diaryl/α,β-unsaturated/α-hetero) is 1. The number of ether oxygens (including phenoxy) is 1. The molecule has 0 bridgehead atoms. The number of rotatable bonds is 12. The summed E-state index contributed by atoms with van der Waals surface area (Å²) in [5.74, 6) is 0.245. The van der Waals surface area contributed by atoms with E-state index in [4.69, 9.17) is 4.74 Å². The first-order valence-electron chi connectivity index (χ1n) is 12.0. The number of nitrogens with one attached hydrogen (secondary N) is 1. The molecule has 1 N–H and O–H groups in total. The van der Waals surface area contributed by atoms with Crippen LogP contribution in [0.15, 0.2) is 109 Å². The van der Waals surface area contributed by atoms with Gasteiger partial charge < -0.3 is 4.74 Å². The van der Waals surface area contributed by atoms with Crippen LogP contribution in [0.5, 0.6) is 5.75 Å². The molecule has 0 saturated heterocycles. The van der Waals surface area contributed by atoms with Crippen molar-refractivity contribution in [2.24, 2.45) is 0 Å². The van der Waals surface area contributed by atoms with E-state index >= 15 is 0 Å². The minimum atomic E-state index is -3.58. The fraction of sp³-hybridized carbons (Fsp3) is 0.167. The Labute approximate surface area is 218 Å². The van der Waals surface area contributed by atoms with E-state index in [-0.39, 0.29) is 24.6 Å². The van der Waals surface area contributed by atoms with Gasteiger partial charge in [-0.2, -0.15) is 0 Å². The predicted molar refractivity (Wildman–Crippen MR) is 147 cm³/mol. The fourth-order valence-corrected chi connectivity index (χ4v) is 4.55. The van der Waals surface area contributed by atoms with Crippen LogP contribution in [0.25, 0.3) is 0 Å². The zero-order chi connectivity index (χ0) is 26.1. The maximum atomic E-state index is 13.4. The summed E-state index contributed by atoms with van der Waals surface area (Å²) in [7, 11) is -3.58. The molecule has 0 aliphatic carbocycles. The normalized spacial score (nSPS) is 11.3. The summed E-state index contributed by atoms with van der Waals surface area (Å²) >= 11 is 0. The number of sulfonamides is 1. The van der Waals surface area contributed by atoms with Gasteiger partial charge in [0.25, 0.3) is 0 Å². The number of benzene rings is 4. The third-order valence-electron chi connectivity index (χ3n) is 5.70. The Kier molecular flexibility index (Phi) is 8.72. The van der Waals surface area contributed by atoms with Gasteiger partial charge in [-0.25, -0.2) is 8.42 Å². The summed E-state index contributed by atoms with van der Waals surface area (Å²) in [6.07, 6.45) is 1.07. The van der Waals surface area contributed by atoms with Gasteiger partial charge in [-0.05, 0) is 34.9 Å². The van der Waals surface area contributed by atoms with Crippen LogP contribution in [0.2, 0.25) is 0 Å². The van der Waals surface area contributed by atoms with Crippen LogP contribution in [-0.4, -0.2) is 31.9 Å². The molecule has 0 radical (unpaired) electrons. The molecule has 4 rings (SSSR count). The molecule has 0 heterocycles. The maximum absolute atomic E-state index is 13.4. The van der Waals surface area contributed by atoms with Crippen LogP contribution in [0.1, 0.15) is 27.0 Å². The van der Waals surface area contributed by atoms with Gasteiger partial charge in [-0.1, -0.05) is 91.0 Å². The lowest BCUT2D eigenvalue weighted by Gasteiger charge is -2.22. The molecule has 0 atom stereocenters. The summed E-state index contributed by atoms with van der Waals surface area (Å²) in [5.41, 5.74) is 3.81. The number of hydrogen-bond acceptors (Lipinski definition) is 5. The summed E-state index contributed by atoms with van der Waals surface area (Å²) in [4.78, 5) is 15.5. The van der Waals surface area contributed by atoms with Crippen molar-refractivity contribution in [3.05, 3.63) is 131 Å². The van der Waals surface area contributed by atoms with Gasteiger partial charge in [0.15, 0.2) is 5.78 Å². The first-order chi connectivity index (χ1) is 17.9. The van der Waals surface area contributed by atoms with Gasteiger partial charge in [0.05, 0.1) is 18.5 Å². The van der Waals surface area contributed by atoms with Crippen molar-refractivity contribution in [2.45, 2.75) is 19.7 Å². The van der Waals surface area contributed by atoms with Crippen molar-refractivity contribution in [3.63, 3.8) is 0 Å². The number of carbonyl (C=O) groups excluding carboxylic acids is 1. The average molecular weight is 515 g/mol. The molecule has 0 amide bonds. The topological polar surface area (TPSA) is 75.7 Å². The monoisotopic (exact) mass is 514 g/mol. The second-order valence-electron chi connectivity index (χ2n) is 8.90. The van der Waals surface area contributed by atoms with Gasteiger partial charge in [0, 0.05) is 18.7 Å². The molecular formula is C30H30N2O4S. The van der Waals surface area contributed by atoms with Crippen molar-refractivity contribution in [3.8, 4) is 5.75 Å². The van der Waals surface area contributed by atoms with E-state index in [0.717, 1.165) is 22.9 Å². The highest BCUT2D eigenvalue weighted by atomic mass is 32.2. The molecule has 37 heavy (non-hydrogen) atoms. The van der Waals surface area contributed by atoms with Crippen molar-refractivity contribution >= 4 is 21.5 Å². The van der Waals surface area contributed by atoms with Crippen molar-refractivity contribution in [1.29, 1.82) is 0 Å². The Morgan fingerprint density at radius 1 is 0.757 bits per heavy atom. The Morgan fingerprint density at radius 3 is 1.78 bits per heavy atom. The lowest BCUT2D eigenvalue weighted by molar-refractivity contribution is 0.0920. The second-order valence-corrected chi connectivity index (χ2v) is 10.6. The first-order valence-corrected chi connectivity index (χ1v) is 13.9. The van der Waals surface area contributed by atoms with Crippen LogP contribution in [-0.2, 0) is 29.7 Å². The van der Waals surface area contributed by atoms with E-state index in [1.54, 1.807) is 18.2 Å². The van der Waals surface area contributed by atoms with Gasteiger partial charge in [0.2, 0.25) is 10.0 Å². The molecule has 0 aliphatic heterocycles. The SMILES string of the molecule is CS(=O)(=O)Nc1cc(C(=O)CN(Cc2ccccc2)Cc2ccccc2)ccc1OCc1ccccc1. The molecule has 0 spiro atoms. The highest BCUT2D eigenvalue weighted by Crippen LogP contribution is 2.28. The van der Waals surface area contributed by atoms with Crippen molar-refractivity contribution in [2.75, 3.05) is 17.5 Å². The number of carbonyl (C=O) groups is 1. The van der Waals surface area contributed by atoms with Crippen molar-refractivity contribution in [1.82, 2.24) is 4.90 Å². The highest BCUT2D eigenvalue weighted by molar-refractivity contribution is 7.92. The fourth-order valence-electron chi connectivity index (χ4n) is 3.99. The summed E-state index contributed by atoms with van der Waals surface area (Å²) in [6, 6.07) is 34.5. The highest BCUT2D eigenvalue weighted by Gasteiger charge is 2.17. The molecule has 4 aromatic rings. The number of hydrogen-bond donors (Lipinski definition) is 1. The van der Waals surface area contributed by atoms with Gasteiger partial charge in [0.1, 0.15) is 12.4 Å². The molecule has 0 unspecified atom stereocenters. The molecular weight excluding hydrogens is 484 g/mol. The van der Waals surface area contributed by atoms with E-state index in [9.17, 15) is 13.2 Å². The van der Waals surface area contributed by atoms with E-state index in [2.05, 4.69) is 9.62 Å². The molecule has 0 aliphatic rings. The van der Waals surface area contributed by atoms with Crippen LogP contribution < -0.4 is 9.46 Å². The van der Waals surface area contributed by atoms with Gasteiger partial charge in [-0.15, -0.1) is 0 Å². The van der Waals surface area contributed by atoms with Crippen molar-refractivity contribution < 1.29 is 17.9 Å². The minimum Gasteiger partial charge on any atom is -0.487 e. The Morgan fingerprint density at radius 2 is 1.27 bits per heavy atom. The average Bonchev–Trinajstić information content (AvgIpc) is 2.89. The third-order valence-corrected chi connectivity index (χ3v) is 6.29. The molecule has 7 heteroatoms. The van der Waals surface area contributed by atoms with Crippen LogP contribution >= 0.6 is 0 Å². The number of ketones is 1. The molecule has 6 nitrogen and oxygen atoms in total. The summed E-state index contributed by atoms with van der Waals surface area (Å²) in [5, 5.41) is 0. The number of nitrogens with zero attached hydrogens (tertiary/aromatic N) is 1. The number of anilines is 1. The summed E-state index contributed by atoms with van der Waals surface area (Å²) < 4.78 is 32.5. The predicted octanol–water partition coefficient (Wildman–Crippen LogP) is 5.52. The van der Waals surface area contributed by atoms with E-state index < -0.39 is 10.0 Å². The quantitative estimate of drug-likeness (QED) is 0.252. The zero-order valence-electron chi connectivity index (χ0n) is 20.7. The summed E-state index contributed by atoms with van der Waals surface area (Å²) in [6.45, 7) is 1.66. The van der Waals surface area contributed by atoms with Crippen LogP contribution in [0.3, 0.4) is 0 Å². The van der Waals surface area contributed by atoms with Gasteiger partial charge in [-0.3, -0.25) is 14.4 Å². The van der Waals surface area contributed by atoms with Crippen LogP contribution in [0, 0.1) is 0 Å². The Balaban J connectivity index is 1.54. The molecule has 0 fully saturated rings. The van der Waals surface area contributed by atoms with Gasteiger partial charge >= 0.3 is 0 Å². The van der Waals surface area contributed by atoms with E-state index in [1.807, 2.05) is 91.0 Å². The third kappa shape index (κ3) is 8.31. The minimum absolute atomic E-state index is 0.113. The zero-order valence-corrected chi connectivity index (χ0v) is 21.5. The van der Waals surface area contributed by atoms with Crippen LogP contribution in [0.4, 0.5) is 5.69 Å². The Bertz CT molecular complexity index is 1370.